The van der Waals surface area contributed by atoms with E-state index in [1.165, 1.54) is 7.11 Å². The minimum absolute atomic E-state index is 0.101. The van der Waals surface area contributed by atoms with Crippen LogP contribution >= 0.6 is 11.3 Å². The summed E-state index contributed by atoms with van der Waals surface area (Å²) in [5.41, 5.74) is 0. The zero-order valence-corrected chi connectivity index (χ0v) is 12.1. The molecule has 2 rings (SSSR count). The molecule has 0 unspecified atom stereocenters. The van der Waals surface area contributed by atoms with Crippen LogP contribution in [0.3, 0.4) is 0 Å². The van der Waals surface area contributed by atoms with Crippen molar-refractivity contribution >= 4 is 23.2 Å². The summed E-state index contributed by atoms with van der Waals surface area (Å²) in [5.74, 6) is -0.280. The number of amides is 1. The van der Waals surface area contributed by atoms with Gasteiger partial charge in [0.1, 0.15) is 0 Å². The molecule has 19 heavy (non-hydrogen) atoms. The van der Waals surface area contributed by atoms with E-state index in [1.54, 1.807) is 11.3 Å². The molecule has 1 fully saturated rings. The Labute approximate surface area is 117 Å². The molecule has 0 N–H and O–H groups in total. The monoisotopic (exact) mass is 281 g/mol. The highest BCUT2D eigenvalue weighted by molar-refractivity contribution is 7.10. The molecular formula is C14H19NO3S. The summed E-state index contributed by atoms with van der Waals surface area (Å²) >= 11 is 1.59. The van der Waals surface area contributed by atoms with Gasteiger partial charge in [-0.25, -0.2) is 0 Å². The summed E-state index contributed by atoms with van der Waals surface area (Å²) < 4.78 is 4.78. The summed E-state index contributed by atoms with van der Waals surface area (Å²) in [6, 6.07) is 4.12. The highest BCUT2D eigenvalue weighted by Gasteiger charge is 2.33. The van der Waals surface area contributed by atoms with Crippen LogP contribution in [0.1, 0.15) is 24.6 Å². The maximum absolute atomic E-state index is 12.3. The number of carbonyl (C=O) groups excluding carboxylic acids is 2. The number of rotatable bonds is 3. The molecule has 1 aromatic heterocycles. The number of likely N-dealkylation sites (tertiary alicyclic amines) is 1. The minimum atomic E-state index is -0.208. The van der Waals surface area contributed by atoms with Crippen molar-refractivity contribution in [2.45, 2.75) is 32.2 Å². The SMILES string of the molecule is COC(=O)[C@@H]1CC[C@H](C)N(C(=O)Cc2cccs2)C1. The third-order valence-electron chi connectivity index (χ3n) is 3.64. The molecule has 2 atom stereocenters. The number of piperidine rings is 1. The maximum atomic E-state index is 12.3. The molecule has 5 heteroatoms. The average Bonchev–Trinajstić information content (AvgIpc) is 2.91. The van der Waals surface area contributed by atoms with Gasteiger partial charge in [-0.05, 0) is 31.2 Å². The van der Waals surface area contributed by atoms with Crippen molar-refractivity contribution in [3.63, 3.8) is 0 Å². The summed E-state index contributed by atoms with van der Waals surface area (Å²) in [5, 5.41) is 1.97. The van der Waals surface area contributed by atoms with E-state index < -0.39 is 0 Å². The molecule has 1 aromatic rings. The number of hydrogen-bond donors (Lipinski definition) is 0. The minimum Gasteiger partial charge on any atom is -0.469 e. The van der Waals surface area contributed by atoms with Gasteiger partial charge in [0.15, 0.2) is 0 Å². The first-order chi connectivity index (χ1) is 9.11. The normalized spacial score (nSPS) is 23.2. The topological polar surface area (TPSA) is 46.6 Å². The second-order valence-electron chi connectivity index (χ2n) is 4.95. The van der Waals surface area contributed by atoms with E-state index in [-0.39, 0.29) is 23.8 Å². The van der Waals surface area contributed by atoms with Crippen LogP contribution in [-0.4, -0.2) is 36.5 Å². The predicted molar refractivity (Wildman–Crippen MR) is 73.9 cm³/mol. The number of hydrogen-bond acceptors (Lipinski definition) is 4. The number of ether oxygens (including phenoxy) is 1. The number of carbonyl (C=O) groups is 2. The lowest BCUT2D eigenvalue weighted by Crippen LogP contribution is -2.48. The van der Waals surface area contributed by atoms with Crippen LogP contribution in [0.4, 0.5) is 0 Å². The lowest BCUT2D eigenvalue weighted by Gasteiger charge is -2.37. The van der Waals surface area contributed by atoms with Gasteiger partial charge in [0, 0.05) is 17.5 Å². The van der Waals surface area contributed by atoms with E-state index in [1.807, 2.05) is 29.3 Å². The van der Waals surface area contributed by atoms with E-state index in [9.17, 15) is 9.59 Å². The van der Waals surface area contributed by atoms with Crippen molar-refractivity contribution < 1.29 is 14.3 Å². The first-order valence-electron chi connectivity index (χ1n) is 6.51. The molecule has 1 saturated heterocycles. The molecular weight excluding hydrogens is 262 g/mol. The van der Waals surface area contributed by atoms with E-state index in [0.717, 1.165) is 17.7 Å². The Hall–Kier alpha value is -1.36. The lowest BCUT2D eigenvalue weighted by atomic mass is 9.93. The molecule has 0 bridgehead atoms. The second-order valence-corrected chi connectivity index (χ2v) is 5.98. The molecule has 0 saturated carbocycles. The Morgan fingerprint density at radius 2 is 2.26 bits per heavy atom. The van der Waals surface area contributed by atoms with Crippen LogP contribution in [0.15, 0.2) is 17.5 Å². The average molecular weight is 281 g/mol. The van der Waals surface area contributed by atoms with E-state index in [0.29, 0.717) is 13.0 Å². The van der Waals surface area contributed by atoms with E-state index in [2.05, 4.69) is 0 Å². The zero-order chi connectivity index (χ0) is 13.8. The lowest BCUT2D eigenvalue weighted by molar-refractivity contribution is -0.150. The van der Waals surface area contributed by atoms with Crippen molar-refractivity contribution in [3.05, 3.63) is 22.4 Å². The third kappa shape index (κ3) is 3.35. The van der Waals surface area contributed by atoms with Gasteiger partial charge in [-0.15, -0.1) is 11.3 Å². The Balaban J connectivity index is 2.00. The van der Waals surface area contributed by atoms with Crippen LogP contribution in [0.2, 0.25) is 0 Å². The predicted octanol–water partition coefficient (Wildman–Crippen LogP) is 2.09. The molecule has 0 aliphatic carbocycles. The largest absolute Gasteiger partial charge is 0.469 e. The number of thiophene rings is 1. The van der Waals surface area contributed by atoms with Gasteiger partial charge >= 0.3 is 5.97 Å². The molecule has 0 radical (unpaired) electrons. The van der Waals surface area contributed by atoms with Gasteiger partial charge in [-0.2, -0.15) is 0 Å². The van der Waals surface area contributed by atoms with Gasteiger partial charge < -0.3 is 9.64 Å². The number of esters is 1. The molecule has 1 aliphatic heterocycles. The fraction of sp³-hybridized carbons (Fsp3) is 0.571. The molecule has 1 aliphatic rings. The van der Waals surface area contributed by atoms with E-state index >= 15 is 0 Å². The zero-order valence-electron chi connectivity index (χ0n) is 11.3. The first kappa shape index (κ1) is 14.1. The second kappa shape index (κ2) is 6.19. The summed E-state index contributed by atoms with van der Waals surface area (Å²) in [7, 11) is 1.40. The van der Waals surface area contributed by atoms with Gasteiger partial charge in [0.2, 0.25) is 5.91 Å². The summed E-state index contributed by atoms with van der Waals surface area (Å²) in [6.45, 7) is 2.53. The molecule has 4 nitrogen and oxygen atoms in total. The maximum Gasteiger partial charge on any atom is 0.310 e. The number of methoxy groups -OCH3 is 1. The highest BCUT2D eigenvalue weighted by atomic mass is 32.1. The van der Waals surface area contributed by atoms with Crippen LogP contribution in [0.25, 0.3) is 0 Å². The van der Waals surface area contributed by atoms with Gasteiger partial charge in [-0.1, -0.05) is 6.07 Å². The summed E-state index contributed by atoms with van der Waals surface area (Å²) in [4.78, 5) is 26.8. The van der Waals surface area contributed by atoms with Crippen LogP contribution in [0.5, 0.6) is 0 Å². The van der Waals surface area contributed by atoms with Gasteiger partial charge in [-0.3, -0.25) is 9.59 Å². The van der Waals surface area contributed by atoms with Crippen molar-refractivity contribution in [1.82, 2.24) is 4.90 Å². The van der Waals surface area contributed by atoms with Crippen molar-refractivity contribution in [1.29, 1.82) is 0 Å². The molecule has 0 spiro atoms. The Bertz CT molecular complexity index is 444. The van der Waals surface area contributed by atoms with Crippen molar-refractivity contribution in [3.8, 4) is 0 Å². The highest BCUT2D eigenvalue weighted by Crippen LogP contribution is 2.24. The smallest absolute Gasteiger partial charge is 0.310 e. The fourth-order valence-electron chi connectivity index (χ4n) is 2.48. The fourth-order valence-corrected chi connectivity index (χ4v) is 3.17. The van der Waals surface area contributed by atoms with Crippen molar-refractivity contribution in [2.75, 3.05) is 13.7 Å². The quantitative estimate of drug-likeness (QED) is 0.797. The summed E-state index contributed by atoms with van der Waals surface area (Å²) in [6.07, 6.45) is 2.09. The Kier molecular flexibility index (Phi) is 4.58. The van der Waals surface area contributed by atoms with Gasteiger partial charge in [0.05, 0.1) is 19.4 Å². The van der Waals surface area contributed by atoms with Crippen LogP contribution < -0.4 is 0 Å². The molecule has 104 valence electrons. The molecule has 0 aromatic carbocycles. The molecule has 2 heterocycles. The standard InChI is InChI=1S/C14H19NO3S/c1-10-5-6-11(14(17)18-2)9-15(10)13(16)8-12-4-3-7-19-12/h3-4,7,10-11H,5-6,8-9H2,1-2H3/t10-,11+/m0/s1. The van der Waals surface area contributed by atoms with Crippen LogP contribution in [-0.2, 0) is 20.7 Å². The van der Waals surface area contributed by atoms with E-state index in [4.69, 9.17) is 4.74 Å². The Morgan fingerprint density at radius 1 is 1.47 bits per heavy atom. The van der Waals surface area contributed by atoms with Crippen LogP contribution in [0, 0.1) is 5.92 Å². The Morgan fingerprint density at radius 3 is 2.89 bits per heavy atom. The third-order valence-corrected chi connectivity index (χ3v) is 4.52. The van der Waals surface area contributed by atoms with Crippen molar-refractivity contribution in [2.24, 2.45) is 5.92 Å². The number of nitrogens with zero attached hydrogens (tertiary/aromatic N) is 1. The first-order valence-corrected chi connectivity index (χ1v) is 7.39. The molecule has 1 amide bonds. The van der Waals surface area contributed by atoms with Gasteiger partial charge in [0.25, 0.3) is 0 Å².